The number of fused-ring (bicyclic) bond motifs is 1. The first-order valence-electron chi connectivity index (χ1n) is 8.25. The monoisotopic (exact) mass is 392 g/mol. The molecule has 0 atom stereocenters. The third-order valence-corrected chi connectivity index (χ3v) is 4.12. The van der Waals surface area contributed by atoms with Crippen molar-refractivity contribution in [2.24, 2.45) is 0 Å². The summed E-state index contributed by atoms with van der Waals surface area (Å²) in [5.74, 6) is 1.33. The zero-order valence-corrected chi connectivity index (χ0v) is 15.0. The van der Waals surface area contributed by atoms with Crippen LogP contribution in [0.1, 0.15) is 5.56 Å². The van der Waals surface area contributed by atoms with Gasteiger partial charge in [-0.3, -0.25) is 14.9 Å². The fraction of sp³-hybridized carbons (Fsp3) is 0.278. The Morgan fingerprint density at radius 2 is 1.96 bits per heavy atom. The van der Waals surface area contributed by atoms with Crippen molar-refractivity contribution in [1.29, 1.82) is 0 Å². The number of nitro benzene ring substituents is 1. The third kappa shape index (κ3) is 5.01. The Labute approximate surface area is 160 Å². The topological polar surface area (TPSA) is 99.9 Å². The zero-order chi connectivity index (χ0) is 19.2. The highest BCUT2D eigenvalue weighted by molar-refractivity contribution is 6.32. The molecule has 0 spiro atoms. The van der Waals surface area contributed by atoms with E-state index in [0.29, 0.717) is 31.9 Å². The number of carbonyl (C=O) groups is 1. The Morgan fingerprint density at radius 1 is 1.19 bits per heavy atom. The second-order valence-electron chi connectivity index (χ2n) is 5.74. The lowest BCUT2D eigenvalue weighted by molar-refractivity contribution is -0.384. The van der Waals surface area contributed by atoms with Gasteiger partial charge in [0.1, 0.15) is 19.0 Å². The first kappa shape index (κ1) is 18.8. The Bertz CT molecular complexity index is 858. The van der Waals surface area contributed by atoms with Gasteiger partial charge < -0.3 is 19.5 Å². The molecule has 0 bridgehead atoms. The van der Waals surface area contributed by atoms with Gasteiger partial charge >= 0.3 is 0 Å². The zero-order valence-electron chi connectivity index (χ0n) is 14.3. The maximum Gasteiger partial charge on any atom is 0.271 e. The van der Waals surface area contributed by atoms with Crippen LogP contribution in [0.15, 0.2) is 36.4 Å². The lowest BCUT2D eigenvalue weighted by Crippen LogP contribution is -2.30. The number of hydrogen-bond acceptors (Lipinski definition) is 6. The number of carbonyl (C=O) groups excluding carboxylic acids is 1. The Kier molecular flexibility index (Phi) is 5.97. The van der Waals surface area contributed by atoms with Crippen molar-refractivity contribution in [2.75, 3.05) is 26.4 Å². The molecule has 9 heteroatoms. The molecule has 1 N–H and O–H groups in total. The molecule has 0 unspecified atom stereocenters. The van der Waals surface area contributed by atoms with E-state index in [9.17, 15) is 14.9 Å². The average Bonchev–Trinajstić information content (AvgIpc) is 2.66. The van der Waals surface area contributed by atoms with Gasteiger partial charge in [-0.05, 0) is 30.2 Å². The molecule has 0 aliphatic carbocycles. The summed E-state index contributed by atoms with van der Waals surface area (Å²) < 4.78 is 16.3. The van der Waals surface area contributed by atoms with Gasteiger partial charge in [-0.1, -0.05) is 17.7 Å². The minimum atomic E-state index is -0.555. The molecule has 142 valence electrons. The minimum absolute atomic E-state index is 0.0771. The molecule has 1 heterocycles. The van der Waals surface area contributed by atoms with Gasteiger partial charge in [-0.2, -0.15) is 0 Å². The van der Waals surface area contributed by atoms with Crippen LogP contribution in [0.3, 0.4) is 0 Å². The molecule has 0 radical (unpaired) electrons. The normalized spacial score (nSPS) is 12.3. The lowest BCUT2D eigenvalue weighted by atomic mass is 10.1. The van der Waals surface area contributed by atoms with E-state index < -0.39 is 4.92 Å². The van der Waals surface area contributed by atoms with Crippen molar-refractivity contribution < 1.29 is 23.9 Å². The molecular formula is C18H17ClN2O6. The van der Waals surface area contributed by atoms with E-state index in [1.807, 2.05) is 18.2 Å². The maximum atomic E-state index is 11.9. The number of nitrogens with one attached hydrogen (secondary N) is 1. The van der Waals surface area contributed by atoms with Crippen molar-refractivity contribution >= 4 is 23.2 Å². The Morgan fingerprint density at radius 3 is 2.70 bits per heavy atom. The van der Waals surface area contributed by atoms with E-state index in [4.69, 9.17) is 25.8 Å². The van der Waals surface area contributed by atoms with E-state index in [2.05, 4.69) is 5.32 Å². The Balaban J connectivity index is 1.44. The van der Waals surface area contributed by atoms with Crippen LogP contribution in [-0.4, -0.2) is 37.2 Å². The summed E-state index contributed by atoms with van der Waals surface area (Å²) in [4.78, 5) is 22.0. The van der Waals surface area contributed by atoms with Crippen LogP contribution in [-0.2, 0) is 11.2 Å². The number of amides is 1. The lowest BCUT2D eigenvalue weighted by Gasteiger charge is -2.18. The molecule has 3 rings (SSSR count). The SMILES string of the molecule is O=C(COc1ccc([N+](=O)[O-])cc1Cl)NCCc1ccc2c(c1)OCCO2. The molecule has 1 aliphatic heterocycles. The number of ether oxygens (including phenoxy) is 3. The Hall–Kier alpha value is -3.00. The molecule has 2 aromatic rings. The van der Waals surface area contributed by atoms with Crippen LogP contribution in [0.4, 0.5) is 5.69 Å². The van der Waals surface area contributed by atoms with Gasteiger partial charge in [0.15, 0.2) is 18.1 Å². The highest BCUT2D eigenvalue weighted by Gasteiger charge is 2.13. The first-order chi connectivity index (χ1) is 13.0. The fourth-order valence-corrected chi connectivity index (χ4v) is 2.73. The average molecular weight is 393 g/mol. The van der Waals surface area contributed by atoms with Crippen LogP contribution in [0.25, 0.3) is 0 Å². The highest BCUT2D eigenvalue weighted by Crippen LogP contribution is 2.31. The molecular weight excluding hydrogens is 376 g/mol. The molecule has 1 aliphatic rings. The van der Waals surface area contributed by atoms with Crippen LogP contribution in [0.2, 0.25) is 5.02 Å². The largest absolute Gasteiger partial charge is 0.486 e. The molecule has 2 aromatic carbocycles. The van der Waals surface area contributed by atoms with Gasteiger partial charge in [0.25, 0.3) is 11.6 Å². The molecule has 0 fully saturated rings. The van der Waals surface area contributed by atoms with Crippen LogP contribution >= 0.6 is 11.6 Å². The van der Waals surface area contributed by atoms with Crippen molar-refractivity contribution in [3.8, 4) is 17.2 Å². The summed E-state index contributed by atoms with van der Waals surface area (Å²) in [6.07, 6.45) is 0.626. The van der Waals surface area contributed by atoms with Crippen molar-refractivity contribution in [1.82, 2.24) is 5.32 Å². The number of nitrogens with zero attached hydrogens (tertiary/aromatic N) is 1. The van der Waals surface area contributed by atoms with E-state index in [1.165, 1.54) is 18.2 Å². The number of hydrogen-bond donors (Lipinski definition) is 1. The molecule has 8 nitrogen and oxygen atoms in total. The molecule has 0 saturated heterocycles. The van der Waals surface area contributed by atoms with E-state index in [1.54, 1.807) is 0 Å². The van der Waals surface area contributed by atoms with E-state index in [0.717, 1.165) is 11.3 Å². The number of rotatable bonds is 7. The second-order valence-corrected chi connectivity index (χ2v) is 6.15. The summed E-state index contributed by atoms with van der Waals surface area (Å²) >= 11 is 5.92. The van der Waals surface area contributed by atoms with Gasteiger partial charge in [0, 0.05) is 18.7 Å². The highest BCUT2D eigenvalue weighted by atomic mass is 35.5. The summed E-state index contributed by atoms with van der Waals surface area (Å²) in [5.41, 5.74) is 0.870. The van der Waals surface area contributed by atoms with Crippen LogP contribution < -0.4 is 19.5 Å². The van der Waals surface area contributed by atoms with E-state index in [-0.39, 0.29) is 29.0 Å². The number of halogens is 1. The van der Waals surface area contributed by atoms with Gasteiger partial charge in [0.05, 0.1) is 9.95 Å². The van der Waals surface area contributed by atoms with Crippen LogP contribution in [0.5, 0.6) is 17.2 Å². The summed E-state index contributed by atoms with van der Waals surface area (Å²) in [6, 6.07) is 9.48. The van der Waals surface area contributed by atoms with Crippen LogP contribution in [0, 0.1) is 10.1 Å². The first-order valence-corrected chi connectivity index (χ1v) is 8.62. The molecule has 1 amide bonds. The van der Waals surface area contributed by atoms with Gasteiger partial charge in [0.2, 0.25) is 0 Å². The summed E-state index contributed by atoms with van der Waals surface area (Å²) in [7, 11) is 0. The van der Waals surface area contributed by atoms with Gasteiger partial charge in [-0.15, -0.1) is 0 Å². The molecule has 27 heavy (non-hydrogen) atoms. The third-order valence-electron chi connectivity index (χ3n) is 3.83. The summed E-state index contributed by atoms with van der Waals surface area (Å²) in [5, 5.41) is 13.5. The van der Waals surface area contributed by atoms with Crippen molar-refractivity contribution in [2.45, 2.75) is 6.42 Å². The summed E-state index contributed by atoms with van der Waals surface area (Å²) in [6.45, 7) is 1.26. The predicted octanol–water partition coefficient (Wildman–Crippen LogP) is 2.76. The van der Waals surface area contributed by atoms with Gasteiger partial charge in [-0.25, -0.2) is 0 Å². The second kappa shape index (κ2) is 8.59. The van der Waals surface area contributed by atoms with E-state index >= 15 is 0 Å². The molecule has 0 saturated carbocycles. The number of nitro groups is 1. The van der Waals surface area contributed by atoms with Crippen molar-refractivity contribution in [3.63, 3.8) is 0 Å². The minimum Gasteiger partial charge on any atom is -0.486 e. The fourth-order valence-electron chi connectivity index (χ4n) is 2.50. The quantitative estimate of drug-likeness (QED) is 0.574. The molecule has 0 aromatic heterocycles. The standard InChI is InChI=1S/C18H17ClN2O6/c19-14-10-13(21(23)24)2-4-15(14)27-11-18(22)20-6-5-12-1-3-16-17(9-12)26-8-7-25-16/h1-4,9-10H,5-8,11H2,(H,20,22). The number of benzene rings is 2. The smallest absolute Gasteiger partial charge is 0.271 e. The van der Waals surface area contributed by atoms with Crippen molar-refractivity contribution in [3.05, 3.63) is 57.1 Å². The maximum absolute atomic E-state index is 11.9. The predicted molar refractivity (Wildman–Crippen MR) is 97.7 cm³/mol. The number of non-ortho nitro benzene ring substituents is 1.